The van der Waals surface area contributed by atoms with E-state index >= 15 is 0 Å². The summed E-state index contributed by atoms with van der Waals surface area (Å²) in [6.45, 7) is 2.41. The van der Waals surface area contributed by atoms with Gasteiger partial charge in [0.15, 0.2) is 0 Å². The van der Waals surface area contributed by atoms with E-state index in [1.165, 1.54) is 6.20 Å². The molecule has 0 unspecified atom stereocenters. The van der Waals surface area contributed by atoms with Crippen LogP contribution in [0.1, 0.15) is 22.3 Å². The second-order valence-corrected chi connectivity index (χ2v) is 5.90. The largest absolute Gasteiger partial charge is 0.381 e. The first-order chi connectivity index (χ1) is 11.2. The molecule has 1 atom stereocenters. The molecule has 0 radical (unpaired) electrons. The third-order valence-electron chi connectivity index (χ3n) is 3.69. The van der Waals surface area contributed by atoms with Crippen LogP contribution in [0.4, 0.5) is 0 Å². The fraction of sp³-hybridized carbons (Fsp3) is 0.375. The number of nitrogens with zero attached hydrogens (tertiary/aromatic N) is 2. The van der Waals surface area contributed by atoms with Crippen molar-refractivity contribution >= 4 is 17.5 Å². The maximum atomic E-state index is 12.0. The number of hydrogen-bond acceptors (Lipinski definition) is 4. The van der Waals surface area contributed by atoms with E-state index in [9.17, 15) is 4.79 Å². The van der Waals surface area contributed by atoms with Gasteiger partial charge in [0.25, 0.3) is 5.91 Å². The number of amides is 1. The van der Waals surface area contributed by atoms with Crippen LogP contribution in [-0.4, -0.2) is 35.5 Å². The number of ether oxygens (including phenoxy) is 1. The van der Waals surface area contributed by atoms with E-state index in [0.717, 1.165) is 18.6 Å². The average molecular weight is 336 g/mol. The summed E-state index contributed by atoms with van der Waals surface area (Å²) in [6.07, 6.45) is 4.14. The SMILES string of the molecule is O=C(NOC[C@@H]1CCOC1)c1cnn(Cc2ccccc2Cl)c1. The monoisotopic (exact) mass is 335 g/mol. The molecule has 0 saturated carbocycles. The topological polar surface area (TPSA) is 65.4 Å². The van der Waals surface area contributed by atoms with E-state index in [2.05, 4.69) is 10.6 Å². The number of aromatic nitrogens is 2. The lowest BCUT2D eigenvalue weighted by Gasteiger charge is -2.08. The molecule has 2 aromatic rings. The summed E-state index contributed by atoms with van der Waals surface area (Å²) in [6, 6.07) is 7.55. The number of hydroxylamine groups is 1. The van der Waals surface area contributed by atoms with Gasteiger partial charge in [-0.2, -0.15) is 5.10 Å². The third-order valence-corrected chi connectivity index (χ3v) is 4.06. The van der Waals surface area contributed by atoms with Crippen molar-refractivity contribution in [3.63, 3.8) is 0 Å². The second-order valence-electron chi connectivity index (χ2n) is 5.49. The van der Waals surface area contributed by atoms with Gasteiger partial charge in [-0.15, -0.1) is 0 Å². The lowest BCUT2D eigenvalue weighted by molar-refractivity contribution is 0.0145. The molecule has 1 aliphatic rings. The Hall–Kier alpha value is -1.89. The fourth-order valence-corrected chi connectivity index (χ4v) is 2.56. The first-order valence-corrected chi connectivity index (χ1v) is 7.86. The number of halogens is 1. The average Bonchev–Trinajstić information content (AvgIpc) is 3.21. The summed E-state index contributed by atoms with van der Waals surface area (Å²) in [5, 5.41) is 4.86. The van der Waals surface area contributed by atoms with E-state index in [1.807, 2.05) is 24.3 Å². The maximum absolute atomic E-state index is 12.0. The van der Waals surface area contributed by atoms with Crippen molar-refractivity contribution in [1.29, 1.82) is 0 Å². The molecule has 1 N–H and O–H groups in total. The molecule has 0 aliphatic carbocycles. The molecule has 2 heterocycles. The van der Waals surface area contributed by atoms with Crippen LogP contribution in [0.15, 0.2) is 36.7 Å². The number of rotatable bonds is 6. The molecule has 23 heavy (non-hydrogen) atoms. The van der Waals surface area contributed by atoms with Gasteiger partial charge >= 0.3 is 0 Å². The van der Waals surface area contributed by atoms with Crippen LogP contribution in [0.2, 0.25) is 5.02 Å². The molecule has 0 bridgehead atoms. The van der Waals surface area contributed by atoms with Gasteiger partial charge < -0.3 is 4.74 Å². The van der Waals surface area contributed by atoms with Crippen LogP contribution >= 0.6 is 11.6 Å². The minimum absolute atomic E-state index is 0.311. The Morgan fingerprint density at radius 3 is 3.13 bits per heavy atom. The highest BCUT2D eigenvalue weighted by molar-refractivity contribution is 6.31. The zero-order valence-electron chi connectivity index (χ0n) is 12.6. The van der Waals surface area contributed by atoms with Crippen LogP contribution < -0.4 is 5.48 Å². The van der Waals surface area contributed by atoms with Crippen molar-refractivity contribution in [2.45, 2.75) is 13.0 Å². The molecule has 1 fully saturated rings. The van der Waals surface area contributed by atoms with E-state index < -0.39 is 0 Å². The van der Waals surface area contributed by atoms with Gasteiger partial charge in [-0.25, -0.2) is 5.48 Å². The zero-order valence-corrected chi connectivity index (χ0v) is 13.3. The fourth-order valence-electron chi connectivity index (χ4n) is 2.37. The summed E-state index contributed by atoms with van der Waals surface area (Å²) in [7, 11) is 0. The number of carbonyl (C=O) groups excluding carboxylic acids is 1. The zero-order chi connectivity index (χ0) is 16.1. The van der Waals surface area contributed by atoms with Crippen molar-refractivity contribution in [2.75, 3.05) is 19.8 Å². The minimum Gasteiger partial charge on any atom is -0.381 e. The summed E-state index contributed by atoms with van der Waals surface area (Å²) in [5.74, 6) is 0.0348. The van der Waals surface area contributed by atoms with E-state index in [-0.39, 0.29) is 5.91 Å². The summed E-state index contributed by atoms with van der Waals surface area (Å²) in [4.78, 5) is 17.2. The Balaban J connectivity index is 1.51. The standard InChI is InChI=1S/C16H18ClN3O3/c17-15-4-2-1-3-13(15)8-20-9-14(7-18-20)16(21)19-23-11-12-5-6-22-10-12/h1-4,7,9,12H,5-6,8,10-11H2,(H,19,21)/t12-/m1/s1. The predicted molar refractivity (Wildman–Crippen MR) is 85.1 cm³/mol. The molecule has 1 aromatic carbocycles. The Morgan fingerprint density at radius 1 is 1.48 bits per heavy atom. The first kappa shape index (κ1) is 16.0. The van der Waals surface area contributed by atoms with Crippen molar-refractivity contribution in [1.82, 2.24) is 15.3 Å². The highest BCUT2D eigenvalue weighted by Crippen LogP contribution is 2.16. The summed E-state index contributed by atoms with van der Waals surface area (Å²) < 4.78 is 6.92. The van der Waals surface area contributed by atoms with Gasteiger partial charge in [0, 0.05) is 23.7 Å². The molecule has 1 saturated heterocycles. The van der Waals surface area contributed by atoms with Gasteiger partial charge in [0.2, 0.25) is 0 Å². The Kier molecular flexibility index (Phi) is 5.27. The number of benzene rings is 1. The van der Waals surface area contributed by atoms with E-state index in [4.69, 9.17) is 21.2 Å². The first-order valence-electron chi connectivity index (χ1n) is 7.48. The predicted octanol–water partition coefficient (Wildman–Crippen LogP) is 2.28. The van der Waals surface area contributed by atoms with Gasteiger partial charge in [0.1, 0.15) is 0 Å². The molecule has 0 spiro atoms. The van der Waals surface area contributed by atoms with Gasteiger partial charge in [-0.05, 0) is 18.1 Å². The lowest BCUT2D eigenvalue weighted by atomic mass is 10.1. The van der Waals surface area contributed by atoms with E-state index in [1.54, 1.807) is 10.9 Å². The third kappa shape index (κ3) is 4.31. The second kappa shape index (κ2) is 7.59. The lowest BCUT2D eigenvalue weighted by Crippen LogP contribution is -2.26. The highest BCUT2D eigenvalue weighted by Gasteiger charge is 2.17. The smallest absolute Gasteiger partial charge is 0.278 e. The van der Waals surface area contributed by atoms with Crippen LogP contribution in [0.25, 0.3) is 0 Å². The van der Waals surface area contributed by atoms with Crippen molar-refractivity contribution in [3.8, 4) is 0 Å². The van der Waals surface area contributed by atoms with Crippen LogP contribution in [0.5, 0.6) is 0 Å². The Morgan fingerprint density at radius 2 is 2.35 bits per heavy atom. The molecule has 7 heteroatoms. The normalized spacial score (nSPS) is 17.3. The Bertz CT molecular complexity index is 668. The molecule has 3 rings (SSSR count). The van der Waals surface area contributed by atoms with Crippen molar-refractivity contribution in [2.24, 2.45) is 5.92 Å². The van der Waals surface area contributed by atoms with Gasteiger partial charge in [-0.1, -0.05) is 29.8 Å². The quantitative estimate of drug-likeness (QED) is 0.823. The molecule has 122 valence electrons. The molecule has 6 nitrogen and oxygen atoms in total. The summed E-state index contributed by atoms with van der Waals surface area (Å²) >= 11 is 6.12. The van der Waals surface area contributed by atoms with Crippen LogP contribution in [-0.2, 0) is 16.1 Å². The maximum Gasteiger partial charge on any atom is 0.278 e. The van der Waals surface area contributed by atoms with Crippen molar-refractivity contribution < 1.29 is 14.4 Å². The Labute approximate surface area is 139 Å². The molecule has 1 aliphatic heterocycles. The minimum atomic E-state index is -0.311. The van der Waals surface area contributed by atoms with Gasteiger partial charge in [-0.3, -0.25) is 14.3 Å². The van der Waals surface area contributed by atoms with Crippen LogP contribution in [0, 0.1) is 5.92 Å². The number of nitrogens with one attached hydrogen (secondary N) is 1. The summed E-state index contributed by atoms with van der Waals surface area (Å²) in [5.41, 5.74) is 3.83. The van der Waals surface area contributed by atoms with E-state index in [0.29, 0.717) is 36.3 Å². The van der Waals surface area contributed by atoms with Crippen LogP contribution in [0.3, 0.4) is 0 Å². The molecular weight excluding hydrogens is 318 g/mol. The number of carbonyl (C=O) groups is 1. The highest BCUT2D eigenvalue weighted by atomic mass is 35.5. The molecule has 1 amide bonds. The molecular formula is C16H18ClN3O3. The van der Waals surface area contributed by atoms with Crippen molar-refractivity contribution in [3.05, 3.63) is 52.8 Å². The van der Waals surface area contributed by atoms with Gasteiger partial charge in [0.05, 0.1) is 31.5 Å². The number of hydrogen-bond donors (Lipinski definition) is 1. The molecule has 1 aromatic heterocycles.